The molecule has 1 fully saturated rings. The number of methoxy groups -OCH3 is 1. The molecule has 0 spiro atoms. The number of hydrogen-bond acceptors (Lipinski definition) is 8. The molecule has 1 saturated heterocycles. The summed E-state index contributed by atoms with van der Waals surface area (Å²) in [6, 6.07) is 20.5. The van der Waals surface area contributed by atoms with Crippen molar-refractivity contribution in [1.29, 1.82) is 0 Å². The van der Waals surface area contributed by atoms with Crippen molar-refractivity contribution in [2.45, 2.75) is 17.5 Å². The van der Waals surface area contributed by atoms with Gasteiger partial charge in [0.05, 0.1) is 43.5 Å². The maximum Gasteiger partial charge on any atom is 0.262 e. The molecular weight excluding hydrogens is 514 g/mol. The number of benzene rings is 2. The van der Waals surface area contributed by atoms with Crippen LogP contribution >= 0.6 is 11.8 Å². The third kappa shape index (κ3) is 5.25. The zero-order valence-corrected chi connectivity index (χ0v) is 22.3. The molecule has 198 valence electrons. The van der Waals surface area contributed by atoms with E-state index < -0.39 is 0 Å². The van der Waals surface area contributed by atoms with E-state index in [2.05, 4.69) is 9.88 Å². The van der Waals surface area contributed by atoms with Gasteiger partial charge in [-0.05, 0) is 48.0 Å². The highest BCUT2D eigenvalue weighted by atomic mass is 32.2. The molecule has 3 aromatic heterocycles. The number of thioether (sulfide) groups is 1. The number of nitrogens with zero attached hydrogens (tertiary/aromatic N) is 5. The minimum absolute atomic E-state index is 0.111. The third-order valence-electron chi connectivity index (χ3n) is 6.75. The number of ether oxygens (including phenoxy) is 2. The Labute approximate surface area is 228 Å². The zero-order chi connectivity index (χ0) is 26.8. The molecule has 1 aliphatic rings. The van der Waals surface area contributed by atoms with Crippen LogP contribution in [0.25, 0.3) is 16.6 Å². The molecule has 6 rings (SSSR count). The zero-order valence-electron chi connectivity index (χ0n) is 21.4. The second kappa shape index (κ2) is 10.9. The van der Waals surface area contributed by atoms with Crippen LogP contribution in [0.5, 0.6) is 5.75 Å². The lowest BCUT2D eigenvalue weighted by Crippen LogP contribution is -2.36. The van der Waals surface area contributed by atoms with E-state index in [9.17, 15) is 9.59 Å². The lowest BCUT2D eigenvalue weighted by molar-refractivity contribution is 0.122. The summed E-state index contributed by atoms with van der Waals surface area (Å²) in [6.45, 7) is 3.25. The minimum Gasteiger partial charge on any atom is -0.497 e. The molecule has 0 amide bonds. The van der Waals surface area contributed by atoms with Crippen LogP contribution in [0.2, 0.25) is 0 Å². The molecule has 0 saturated carbocycles. The molecule has 10 heteroatoms. The number of morpholine rings is 1. The predicted molar refractivity (Wildman–Crippen MR) is 152 cm³/mol. The van der Waals surface area contributed by atoms with Gasteiger partial charge in [0.2, 0.25) is 0 Å². The first-order valence-electron chi connectivity index (χ1n) is 12.7. The Morgan fingerprint density at radius 1 is 0.974 bits per heavy atom. The molecule has 9 nitrogen and oxygen atoms in total. The summed E-state index contributed by atoms with van der Waals surface area (Å²) >= 11 is 1.40. The second-order valence-electron chi connectivity index (χ2n) is 9.24. The van der Waals surface area contributed by atoms with E-state index in [4.69, 9.17) is 14.5 Å². The summed E-state index contributed by atoms with van der Waals surface area (Å²) < 4.78 is 14.0. The number of anilines is 1. The van der Waals surface area contributed by atoms with Crippen molar-refractivity contribution >= 4 is 34.0 Å². The number of hydrogen-bond donors (Lipinski definition) is 0. The normalized spacial score (nSPS) is 13.7. The van der Waals surface area contributed by atoms with Crippen molar-refractivity contribution in [2.24, 2.45) is 0 Å². The average Bonchev–Trinajstić information content (AvgIpc) is 2.98. The van der Waals surface area contributed by atoms with Crippen LogP contribution < -0.4 is 20.8 Å². The molecule has 0 radical (unpaired) electrons. The maximum absolute atomic E-state index is 13.9. The fraction of sp³-hybridized carbons (Fsp3) is 0.241. The Bertz CT molecular complexity index is 1760. The molecule has 0 aliphatic carbocycles. The molecule has 0 bridgehead atoms. The van der Waals surface area contributed by atoms with E-state index in [1.165, 1.54) is 22.2 Å². The van der Waals surface area contributed by atoms with Crippen LogP contribution in [0.15, 0.2) is 87.7 Å². The highest BCUT2D eigenvalue weighted by Gasteiger charge is 2.17. The van der Waals surface area contributed by atoms with E-state index >= 15 is 0 Å². The SMILES string of the molecule is COc1ccc(Cn2c(SCc3cc(=O)n4ccccc4n3)nc3ccc(N4CCOCC4)cc3c2=O)cc1. The van der Waals surface area contributed by atoms with E-state index in [-0.39, 0.29) is 11.1 Å². The minimum atomic E-state index is -0.145. The molecule has 5 aromatic rings. The van der Waals surface area contributed by atoms with Gasteiger partial charge in [0.15, 0.2) is 5.16 Å². The summed E-state index contributed by atoms with van der Waals surface area (Å²) in [4.78, 5) is 38.3. The Balaban J connectivity index is 1.39. The monoisotopic (exact) mass is 541 g/mol. The van der Waals surface area contributed by atoms with Crippen molar-refractivity contribution in [3.05, 3.63) is 105 Å². The predicted octanol–water partition coefficient (Wildman–Crippen LogP) is 3.59. The summed E-state index contributed by atoms with van der Waals surface area (Å²) in [5, 5.41) is 1.14. The van der Waals surface area contributed by atoms with Crippen LogP contribution in [0.3, 0.4) is 0 Å². The second-order valence-corrected chi connectivity index (χ2v) is 10.2. The summed E-state index contributed by atoms with van der Waals surface area (Å²) in [5.41, 5.74) is 3.53. The maximum atomic E-state index is 13.9. The Morgan fingerprint density at radius 2 is 1.79 bits per heavy atom. The highest BCUT2D eigenvalue weighted by Crippen LogP contribution is 2.25. The first-order chi connectivity index (χ1) is 19.1. The Morgan fingerprint density at radius 3 is 2.59 bits per heavy atom. The number of rotatable bonds is 7. The quantitative estimate of drug-likeness (QED) is 0.228. The van der Waals surface area contributed by atoms with Crippen molar-refractivity contribution in [3.8, 4) is 5.75 Å². The molecule has 0 atom stereocenters. The first kappa shape index (κ1) is 25.1. The average molecular weight is 542 g/mol. The van der Waals surface area contributed by atoms with Crippen LogP contribution in [0, 0.1) is 0 Å². The molecular formula is C29H27N5O4S. The Hall–Kier alpha value is -4.15. The van der Waals surface area contributed by atoms with Crippen LogP contribution in [0.4, 0.5) is 5.69 Å². The summed E-state index contributed by atoms with van der Waals surface area (Å²) in [5.74, 6) is 1.15. The summed E-state index contributed by atoms with van der Waals surface area (Å²) in [6.07, 6.45) is 1.70. The lowest BCUT2D eigenvalue weighted by Gasteiger charge is -2.29. The third-order valence-corrected chi connectivity index (χ3v) is 7.76. The van der Waals surface area contributed by atoms with Gasteiger partial charge in [0.25, 0.3) is 11.1 Å². The van der Waals surface area contributed by atoms with Gasteiger partial charge in [-0.15, -0.1) is 0 Å². The summed E-state index contributed by atoms with van der Waals surface area (Å²) in [7, 11) is 1.63. The van der Waals surface area contributed by atoms with Gasteiger partial charge in [0.1, 0.15) is 11.4 Å². The standard InChI is InChI=1S/C29H27N5O4S/c1-37-23-8-5-20(6-9-23)18-34-28(36)24-17-22(32-12-14-38-15-13-32)7-10-25(24)31-29(34)39-19-21-16-27(35)33-11-3-2-4-26(33)30-21/h2-11,16-17H,12-15,18-19H2,1H3. The van der Waals surface area contributed by atoms with Gasteiger partial charge in [-0.3, -0.25) is 18.6 Å². The van der Waals surface area contributed by atoms with E-state index in [1.54, 1.807) is 30.0 Å². The Kier molecular flexibility index (Phi) is 7.04. The van der Waals surface area contributed by atoms with Gasteiger partial charge in [0, 0.05) is 36.8 Å². The van der Waals surface area contributed by atoms with E-state index in [1.807, 2.05) is 48.5 Å². The smallest absolute Gasteiger partial charge is 0.262 e. The number of pyridine rings is 1. The van der Waals surface area contributed by atoms with E-state index in [0.717, 1.165) is 30.1 Å². The van der Waals surface area contributed by atoms with Crippen LogP contribution in [-0.2, 0) is 17.0 Å². The molecule has 39 heavy (non-hydrogen) atoms. The van der Waals surface area contributed by atoms with Gasteiger partial charge >= 0.3 is 0 Å². The van der Waals surface area contributed by atoms with Crippen LogP contribution in [0.1, 0.15) is 11.3 Å². The first-order valence-corrected chi connectivity index (χ1v) is 13.7. The molecule has 1 aliphatic heterocycles. The van der Waals surface area contributed by atoms with Crippen molar-refractivity contribution < 1.29 is 9.47 Å². The number of fused-ring (bicyclic) bond motifs is 2. The fourth-order valence-corrected chi connectivity index (χ4v) is 5.58. The molecule has 4 heterocycles. The fourth-order valence-electron chi connectivity index (χ4n) is 4.69. The molecule has 0 N–H and O–H groups in total. The topological polar surface area (TPSA) is 91.0 Å². The van der Waals surface area contributed by atoms with Crippen LogP contribution in [-0.4, -0.2) is 52.3 Å². The van der Waals surface area contributed by atoms with Gasteiger partial charge in [-0.1, -0.05) is 30.0 Å². The lowest BCUT2D eigenvalue weighted by atomic mass is 10.2. The van der Waals surface area contributed by atoms with Crippen molar-refractivity contribution in [1.82, 2.24) is 18.9 Å². The largest absolute Gasteiger partial charge is 0.497 e. The van der Waals surface area contributed by atoms with Gasteiger partial charge in [-0.2, -0.15) is 0 Å². The van der Waals surface area contributed by atoms with Gasteiger partial charge in [-0.25, -0.2) is 9.97 Å². The van der Waals surface area contributed by atoms with E-state index in [0.29, 0.717) is 52.9 Å². The molecule has 0 unspecified atom stereocenters. The highest BCUT2D eigenvalue weighted by molar-refractivity contribution is 7.98. The van der Waals surface area contributed by atoms with Gasteiger partial charge < -0.3 is 14.4 Å². The van der Waals surface area contributed by atoms with Crippen molar-refractivity contribution in [2.75, 3.05) is 38.3 Å². The molecule has 2 aromatic carbocycles. The van der Waals surface area contributed by atoms with Crippen molar-refractivity contribution in [3.63, 3.8) is 0 Å². The number of aromatic nitrogens is 4.